The number of rotatable bonds is 4. The van der Waals surface area contributed by atoms with Crippen molar-refractivity contribution in [1.82, 2.24) is 14.9 Å². The van der Waals surface area contributed by atoms with Crippen molar-refractivity contribution in [3.05, 3.63) is 70.4 Å². The van der Waals surface area contributed by atoms with E-state index in [0.717, 1.165) is 10.6 Å². The van der Waals surface area contributed by atoms with Crippen LogP contribution in [0.5, 0.6) is 11.5 Å². The van der Waals surface area contributed by atoms with Gasteiger partial charge in [-0.15, -0.1) is 11.3 Å². The number of pyridine rings is 1. The van der Waals surface area contributed by atoms with Crippen LogP contribution >= 0.6 is 11.3 Å². The van der Waals surface area contributed by atoms with Gasteiger partial charge in [-0.05, 0) is 36.8 Å². The second-order valence-electron chi connectivity index (χ2n) is 6.25. The third kappa shape index (κ3) is 3.99. The standard InChI is InChI=1S/C20H19N3O3S/c1-14-2-3-15(12-17(14)26-16-4-6-21-7-5-16)20(24)23-9-10-25-18(13-23)19-22-8-11-27-19/h2-8,11-12,18H,9-10,13H2,1H3. The Morgan fingerprint density at radius 2 is 2.11 bits per heavy atom. The molecule has 1 fully saturated rings. The van der Waals surface area contributed by atoms with E-state index in [0.29, 0.717) is 36.8 Å². The van der Waals surface area contributed by atoms with Crippen LogP contribution in [0.4, 0.5) is 0 Å². The molecule has 1 saturated heterocycles. The number of carbonyl (C=O) groups excluding carboxylic acids is 1. The van der Waals surface area contributed by atoms with Gasteiger partial charge in [0.1, 0.15) is 22.6 Å². The molecule has 1 atom stereocenters. The van der Waals surface area contributed by atoms with Crippen LogP contribution in [0.15, 0.2) is 54.3 Å². The quantitative estimate of drug-likeness (QED) is 0.687. The van der Waals surface area contributed by atoms with Crippen LogP contribution in [-0.4, -0.2) is 40.5 Å². The first kappa shape index (κ1) is 17.6. The Kier molecular flexibility index (Phi) is 5.13. The van der Waals surface area contributed by atoms with Crippen molar-refractivity contribution in [2.24, 2.45) is 0 Å². The van der Waals surface area contributed by atoms with E-state index in [1.165, 1.54) is 0 Å². The molecule has 3 heterocycles. The maximum atomic E-state index is 13.0. The molecular weight excluding hydrogens is 362 g/mol. The molecule has 27 heavy (non-hydrogen) atoms. The molecule has 0 saturated carbocycles. The Bertz CT molecular complexity index is 915. The lowest BCUT2D eigenvalue weighted by molar-refractivity contribution is -0.0229. The molecule has 138 valence electrons. The van der Waals surface area contributed by atoms with Crippen LogP contribution in [0.2, 0.25) is 0 Å². The van der Waals surface area contributed by atoms with E-state index in [1.54, 1.807) is 48.1 Å². The zero-order valence-electron chi connectivity index (χ0n) is 14.9. The number of benzene rings is 1. The minimum atomic E-state index is -0.166. The van der Waals surface area contributed by atoms with Gasteiger partial charge in [-0.3, -0.25) is 9.78 Å². The molecule has 0 N–H and O–H groups in total. The monoisotopic (exact) mass is 381 g/mol. The Balaban J connectivity index is 1.52. The number of morpholine rings is 1. The third-order valence-corrected chi connectivity index (χ3v) is 5.26. The summed E-state index contributed by atoms with van der Waals surface area (Å²) in [4.78, 5) is 23.1. The van der Waals surface area contributed by atoms with E-state index in [9.17, 15) is 4.79 Å². The normalized spacial score (nSPS) is 16.9. The van der Waals surface area contributed by atoms with Gasteiger partial charge in [0, 0.05) is 36.1 Å². The fourth-order valence-corrected chi connectivity index (χ4v) is 3.61. The summed E-state index contributed by atoms with van der Waals surface area (Å²) in [6.45, 7) is 3.52. The molecule has 0 aliphatic carbocycles. The van der Waals surface area contributed by atoms with E-state index in [-0.39, 0.29) is 12.0 Å². The fraction of sp³-hybridized carbons (Fsp3) is 0.250. The van der Waals surface area contributed by atoms with Crippen molar-refractivity contribution in [1.29, 1.82) is 0 Å². The molecule has 4 rings (SSSR count). The highest BCUT2D eigenvalue weighted by atomic mass is 32.1. The maximum Gasteiger partial charge on any atom is 0.254 e. The predicted molar refractivity (Wildman–Crippen MR) is 102 cm³/mol. The molecular formula is C20H19N3O3S. The SMILES string of the molecule is Cc1ccc(C(=O)N2CCOC(c3nccs3)C2)cc1Oc1ccncc1. The number of nitrogens with zero attached hydrogens (tertiary/aromatic N) is 3. The van der Waals surface area contributed by atoms with Gasteiger partial charge in [0.05, 0.1) is 13.2 Å². The molecule has 1 aliphatic rings. The summed E-state index contributed by atoms with van der Waals surface area (Å²) < 4.78 is 11.7. The molecule has 1 amide bonds. The van der Waals surface area contributed by atoms with Crippen LogP contribution in [0, 0.1) is 6.92 Å². The topological polar surface area (TPSA) is 64.6 Å². The first-order valence-electron chi connectivity index (χ1n) is 8.69. The first-order valence-corrected chi connectivity index (χ1v) is 9.57. The molecule has 6 nitrogen and oxygen atoms in total. The summed E-state index contributed by atoms with van der Waals surface area (Å²) in [5.41, 5.74) is 1.57. The van der Waals surface area contributed by atoms with Crippen molar-refractivity contribution < 1.29 is 14.3 Å². The summed E-state index contributed by atoms with van der Waals surface area (Å²) in [5, 5.41) is 2.82. The van der Waals surface area contributed by atoms with E-state index < -0.39 is 0 Å². The maximum absolute atomic E-state index is 13.0. The summed E-state index contributed by atoms with van der Waals surface area (Å²) in [6, 6.07) is 9.11. The lowest BCUT2D eigenvalue weighted by atomic mass is 10.1. The second-order valence-corrected chi connectivity index (χ2v) is 7.17. The molecule has 1 aromatic carbocycles. The van der Waals surface area contributed by atoms with Gasteiger partial charge in [0.2, 0.25) is 0 Å². The number of carbonyl (C=O) groups is 1. The minimum Gasteiger partial charge on any atom is -0.457 e. The van der Waals surface area contributed by atoms with Crippen molar-refractivity contribution in [2.75, 3.05) is 19.7 Å². The number of hydrogen-bond acceptors (Lipinski definition) is 6. The minimum absolute atomic E-state index is 0.0283. The van der Waals surface area contributed by atoms with Gasteiger partial charge in [-0.1, -0.05) is 6.07 Å². The summed E-state index contributed by atoms with van der Waals surface area (Å²) in [6.07, 6.45) is 4.94. The van der Waals surface area contributed by atoms with Gasteiger partial charge in [-0.2, -0.15) is 0 Å². The fourth-order valence-electron chi connectivity index (χ4n) is 2.94. The van der Waals surface area contributed by atoms with Crippen molar-refractivity contribution in [3.63, 3.8) is 0 Å². The summed E-state index contributed by atoms with van der Waals surface area (Å²) in [5.74, 6) is 1.32. The number of ether oxygens (including phenoxy) is 2. The third-order valence-electron chi connectivity index (χ3n) is 4.39. The highest BCUT2D eigenvalue weighted by Crippen LogP contribution is 2.28. The molecule has 0 bridgehead atoms. The highest BCUT2D eigenvalue weighted by Gasteiger charge is 2.27. The zero-order valence-corrected chi connectivity index (χ0v) is 15.7. The van der Waals surface area contributed by atoms with Gasteiger partial charge in [0.15, 0.2) is 0 Å². The Morgan fingerprint density at radius 3 is 2.89 bits per heavy atom. The number of aryl methyl sites for hydroxylation is 1. The zero-order chi connectivity index (χ0) is 18.6. The Labute approximate surface area is 161 Å². The average Bonchev–Trinajstić information content (AvgIpc) is 3.25. The number of amides is 1. The Morgan fingerprint density at radius 1 is 1.26 bits per heavy atom. The lowest BCUT2D eigenvalue weighted by Gasteiger charge is -2.32. The van der Waals surface area contributed by atoms with Gasteiger partial charge < -0.3 is 14.4 Å². The van der Waals surface area contributed by atoms with Crippen LogP contribution < -0.4 is 4.74 Å². The van der Waals surface area contributed by atoms with Crippen molar-refractivity contribution >= 4 is 17.2 Å². The van der Waals surface area contributed by atoms with Crippen molar-refractivity contribution in [2.45, 2.75) is 13.0 Å². The summed E-state index contributed by atoms with van der Waals surface area (Å²) >= 11 is 1.55. The van der Waals surface area contributed by atoms with Crippen molar-refractivity contribution in [3.8, 4) is 11.5 Å². The van der Waals surface area contributed by atoms with Gasteiger partial charge >= 0.3 is 0 Å². The number of hydrogen-bond donors (Lipinski definition) is 0. The number of aromatic nitrogens is 2. The van der Waals surface area contributed by atoms with Crippen LogP contribution in [0.1, 0.15) is 27.0 Å². The van der Waals surface area contributed by atoms with Crippen LogP contribution in [0.3, 0.4) is 0 Å². The molecule has 1 unspecified atom stereocenters. The van der Waals surface area contributed by atoms with Crippen LogP contribution in [-0.2, 0) is 4.74 Å². The molecule has 0 spiro atoms. The molecule has 3 aromatic rings. The van der Waals surface area contributed by atoms with E-state index in [2.05, 4.69) is 9.97 Å². The molecule has 2 aromatic heterocycles. The summed E-state index contributed by atoms with van der Waals surface area (Å²) in [7, 11) is 0. The molecule has 1 aliphatic heterocycles. The second kappa shape index (κ2) is 7.85. The number of thiazole rings is 1. The lowest BCUT2D eigenvalue weighted by Crippen LogP contribution is -2.42. The highest BCUT2D eigenvalue weighted by molar-refractivity contribution is 7.09. The average molecular weight is 381 g/mol. The van der Waals surface area contributed by atoms with E-state index in [1.807, 2.05) is 29.3 Å². The molecule has 7 heteroatoms. The van der Waals surface area contributed by atoms with E-state index >= 15 is 0 Å². The van der Waals surface area contributed by atoms with Gasteiger partial charge in [-0.25, -0.2) is 4.98 Å². The predicted octanol–water partition coefficient (Wildman–Crippen LogP) is 3.85. The van der Waals surface area contributed by atoms with Gasteiger partial charge in [0.25, 0.3) is 5.91 Å². The molecule has 0 radical (unpaired) electrons. The largest absolute Gasteiger partial charge is 0.457 e. The Hall–Kier alpha value is -2.77. The van der Waals surface area contributed by atoms with Crippen LogP contribution in [0.25, 0.3) is 0 Å². The smallest absolute Gasteiger partial charge is 0.254 e. The van der Waals surface area contributed by atoms with E-state index in [4.69, 9.17) is 9.47 Å². The first-order chi connectivity index (χ1) is 13.2.